The van der Waals surface area contributed by atoms with Gasteiger partial charge in [-0.05, 0) is 42.8 Å². The molecular weight excluding hydrogens is 347 g/mol. The van der Waals surface area contributed by atoms with Crippen LogP contribution in [0, 0.1) is 12.7 Å². The summed E-state index contributed by atoms with van der Waals surface area (Å²) in [5, 5.41) is 2.65. The van der Waals surface area contributed by atoms with Crippen molar-refractivity contribution in [3.8, 4) is 0 Å². The van der Waals surface area contributed by atoms with Crippen molar-refractivity contribution >= 4 is 44.8 Å². The van der Waals surface area contributed by atoms with Crippen LogP contribution >= 0.6 is 27.5 Å². The van der Waals surface area contributed by atoms with Crippen molar-refractivity contribution < 1.29 is 9.18 Å². The van der Waals surface area contributed by atoms with E-state index in [1.807, 2.05) is 13.0 Å². The summed E-state index contributed by atoms with van der Waals surface area (Å²) < 4.78 is 14.2. The Labute approximate surface area is 129 Å². The first-order chi connectivity index (χ1) is 9.38. The lowest BCUT2D eigenvalue weighted by Gasteiger charge is -2.12. The van der Waals surface area contributed by atoms with Crippen LogP contribution in [0.1, 0.15) is 15.9 Å². The van der Waals surface area contributed by atoms with Gasteiger partial charge in [0.15, 0.2) is 0 Å². The quantitative estimate of drug-likeness (QED) is 0.783. The molecule has 2 rings (SSSR count). The molecule has 0 aliphatic carbocycles. The fourth-order valence-electron chi connectivity index (χ4n) is 1.76. The van der Waals surface area contributed by atoms with Crippen LogP contribution in [0.5, 0.6) is 0 Å². The normalized spacial score (nSPS) is 10.4. The molecule has 2 aromatic rings. The number of nitrogens with one attached hydrogen (secondary N) is 1. The molecule has 0 atom stereocenters. The standard InChI is InChI=1S/C14H11BrClFN2O/c1-7-4-9(15)6-12(18)13(7)19-14(20)8-2-3-10(16)11(17)5-8/h2-6H,18H2,1H3,(H,19,20). The van der Waals surface area contributed by atoms with E-state index in [4.69, 9.17) is 17.3 Å². The van der Waals surface area contributed by atoms with Crippen LogP contribution in [0.3, 0.4) is 0 Å². The molecule has 0 aliphatic rings. The Bertz CT molecular complexity index is 668. The van der Waals surface area contributed by atoms with E-state index in [0.29, 0.717) is 11.4 Å². The summed E-state index contributed by atoms with van der Waals surface area (Å²) in [5.74, 6) is -1.09. The number of hydrogen-bond acceptors (Lipinski definition) is 2. The van der Waals surface area contributed by atoms with Crippen molar-refractivity contribution in [1.29, 1.82) is 0 Å². The first kappa shape index (κ1) is 14.8. The smallest absolute Gasteiger partial charge is 0.255 e. The van der Waals surface area contributed by atoms with Gasteiger partial charge in [-0.25, -0.2) is 4.39 Å². The van der Waals surface area contributed by atoms with E-state index in [2.05, 4.69) is 21.2 Å². The fraction of sp³-hybridized carbons (Fsp3) is 0.0714. The molecule has 2 aromatic carbocycles. The molecule has 104 valence electrons. The molecule has 0 unspecified atom stereocenters. The Kier molecular flexibility index (Phi) is 4.30. The molecule has 1 amide bonds. The Morgan fingerprint density at radius 3 is 2.65 bits per heavy atom. The predicted octanol–water partition coefficient (Wildman–Crippen LogP) is 4.38. The molecule has 0 saturated heterocycles. The van der Waals surface area contributed by atoms with Gasteiger partial charge in [-0.3, -0.25) is 4.79 Å². The topological polar surface area (TPSA) is 55.1 Å². The number of anilines is 2. The van der Waals surface area contributed by atoms with Gasteiger partial charge in [0.2, 0.25) is 0 Å². The van der Waals surface area contributed by atoms with Crippen molar-refractivity contribution in [2.24, 2.45) is 0 Å². The number of nitrogens with two attached hydrogens (primary N) is 1. The maximum absolute atomic E-state index is 13.3. The summed E-state index contributed by atoms with van der Waals surface area (Å²) in [6.07, 6.45) is 0. The SMILES string of the molecule is Cc1cc(Br)cc(N)c1NC(=O)c1ccc(Cl)c(F)c1. The minimum Gasteiger partial charge on any atom is -0.397 e. The first-order valence-corrected chi connectivity index (χ1v) is 6.87. The third kappa shape index (κ3) is 3.11. The Hall–Kier alpha value is -1.59. The molecule has 3 N–H and O–H groups in total. The molecule has 0 bridgehead atoms. The van der Waals surface area contributed by atoms with E-state index in [-0.39, 0.29) is 10.6 Å². The lowest BCUT2D eigenvalue weighted by Crippen LogP contribution is -2.14. The monoisotopic (exact) mass is 356 g/mol. The average Bonchev–Trinajstić information content (AvgIpc) is 2.36. The summed E-state index contributed by atoms with van der Waals surface area (Å²) in [6, 6.07) is 7.39. The maximum Gasteiger partial charge on any atom is 0.255 e. The van der Waals surface area contributed by atoms with Gasteiger partial charge in [0.1, 0.15) is 5.82 Å². The van der Waals surface area contributed by atoms with Crippen LogP contribution in [0.25, 0.3) is 0 Å². The van der Waals surface area contributed by atoms with Crippen LogP contribution in [0.2, 0.25) is 5.02 Å². The highest BCUT2D eigenvalue weighted by Gasteiger charge is 2.12. The summed E-state index contributed by atoms with van der Waals surface area (Å²) in [4.78, 5) is 12.1. The number of carbonyl (C=O) groups is 1. The molecule has 3 nitrogen and oxygen atoms in total. The molecule has 6 heteroatoms. The van der Waals surface area contributed by atoms with Crippen molar-refractivity contribution in [2.75, 3.05) is 11.1 Å². The molecule has 0 aliphatic heterocycles. The fourth-order valence-corrected chi connectivity index (χ4v) is 2.47. The first-order valence-electron chi connectivity index (χ1n) is 5.70. The number of carbonyl (C=O) groups excluding carboxylic acids is 1. The van der Waals surface area contributed by atoms with Crippen LogP contribution in [-0.2, 0) is 0 Å². The molecule has 0 saturated carbocycles. The second-order valence-corrected chi connectivity index (χ2v) is 5.59. The van der Waals surface area contributed by atoms with Crippen LogP contribution in [-0.4, -0.2) is 5.91 Å². The number of rotatable bonds is 2. The molecule has 0 heterocycles. The van der Waals surface area contributed by atoms with Gasteiger partial charge in [0.05, 0.1) is 16.4 Å². The Balaban J connectivity index is 2.30. The second kappa shape index (κ2) is 5.81. The third-order valence-electron chi connectivity index (χ3n) is 2.75. The molecule has 0 spiro atoms. The summed E-state index contributed by atoms with van der Waals surface area (Å²) in [6.45, 7) is 1.82. The van der Waals surface area contributed by atoms with Crippen molar-refractivity contribution in [3.05, 3.63) is 56.8 Å². The lowest BCUT2D eigenvalue weighted by molar-refractivity contribution is 0.102. The minimum atomic E-state index is -0.639. The van der Waals surface area contributed by atoms with E-state index in [9.17, 15) is 9.18 Å². The number of hydrogen-bond donors (Lipinski definition) is 2. The highest BCUT2D eigenvalue weighted by atomic mass is 79.9. The summed E-state index contributed by atoms with van der Waals surface area (Å²) in [5.41, 5.74) is 7.78. The molecule has 20 heavy (non-hydrogen) atoms. The van der Waals surface area contributed by atoms with Gasteiger partial charge in [0.25, 0.3) is 5.91 Å². The number of amides is 1. The highest BCUT2D eigenvalue weighted by molar-refractivity contribution is 9.10. The maximum atomic E-state index is 13.3. The molecular formula is C14H11BrClFN2O. The van der Waals surface area contributed by atoms with E-state index >= 15 is 0 Å². The predicted molar refractivity (Wildman–Crippen MR) is 82.7 cm³/mol. The Morgan fingerprint density at radius 1 is 1.35 bits per heavy atom. The largest absolute Gasteiger partial charge is 0.397 e. The van der Waals surface area contributed by atoms with Crippen LogP contribution in [0.4, 0.5) is 15.8 Å². The zero-order valence-electron chi connectivity index (χ0n) is 10.5. The van der Waals surface area contributed by atoms with Crippen LogP contribution < -0.4 is 11.1 Å². The van der Waals surface area contributed by atoms with Gasteiger partial charge < -0.3 is 11.1 Å². The average molecular weight is 358 g/mol. The number of halogens is 3. The zero-order chi connectivity index (χ0) is 14.9. The van der Waals surface area contributed by atoms with E-state index in [1.165, 1.54) is 12.1 Å². The van der Waals surface area contributed by atoms with Gasteiger partial charge in [0, 0.05) is 10.0 Å². The third-order valence-corrected chi connectivity index (χ3v) is 3.52. The highest BCUT2D eigenvalue weighted by Crippen LogP contribution is 2.28. The van der Waals surface area contributed by atoms with E-state index < -0.39 is 11.7 Å². The van der Waals surface area contributed by atoms with Gasteiger partial charge in [-0.2, -0.15) is 0 Å². The molecule has 0 radical (unpaired) electrons. The van der Waals surface area contributed by atoms with Crippen molar-refractivity contribution in [3.63, 3.8) is 0 Å². The summed E-state index contributed by atoms with van der Waals surface area (Å²) >= 11 is 8.90. The van der Waals surface area contributed by atoms with Crippen LogP contribution in [0.15, 0.2) is 34.8 Å². The minimum absolute atomic E-state index is 0.0270. The van der Waals surface area contributed by atoms with Crippen molar-refractivity contribution in [2.45, 2.75) is 6.92 Å². The zero-order valence-corrected chi connectivity index (χ0v) is 12.8. The number of benzene rings is 2. The van der Waals surface area contributed by atoms with E-state index in [1.54, 1.807) is 6.07 Å². The number of aryl methyl sites for hydroxylation is 1. The summed E-state index contributed by atoms with van der Waals surface area (Å²) in [7, 11) is 0. The number of nitrogen functional groups attached to an aromatic ring is 1. The molecule has 0 fully saturated rings. The van der Waals surface area contributed by atoms with Gasteiger partial charge in [-0.15, -0.1) is 0 Å². The van der Waals surface area contributed by atoms with Crippen molar-refractivity contribution in [1.82, 2.24) is 0 Å². The Morgan fingerprint density at radius 2 is 2.05 bits per heavy atom. The van der Waals surface area contributed by atoms with Gasteiger partial charge in [-0.1, -0.05) is 27.5 Å². The molecule has 0 aromatic heterocycles. The lowest BCUT2D eigenvalue weighted by atomic mass is 10.1. The van der Waals surface area contributed by atoms with E-state index in [0.717, 1.165) is 16.1 Å². The second-order valence-electron chi connectivity index (χ2n) is 4.27. The van der Waals surface area contributed by atoms with Gasteiger partial charge >= 0.3 is 0 Å².